The average molecular weight is 332 g/mol. The Hall–Kier alpha value is -3.21. The molecule has 25 heavy (non-hydrogen) atoms. The minimum atomic E-state index is -0.217. The number of rotatable bonds is 5. The van der Waals surface area contributed by atoms with Crippen molar-refractivity contribution in [1.29, 1.82) is 0 Å². The van der Waals surface area contributed by atoms with Crippen LogP contribution in [0.2, 0.25) is 0 Å². The van der Waals surface area contributed by atoms with E-state index in [1.54, 1.807) is 12.3 Å². The highest BCUT2D eigenvalue weighted by Gasteiger charge is 2.12. The van der Waals surface area contributed by atoms with Crippen LogP contribution in [0.1, 0.15) is 21.6 Å². The predicted octanol–water partition coefficient (Wildman–Crippen LogP) is 3.48. The summed E-state index contributed by atoms with van der Waals surface area (Å²) in [5.74, 6) is 0.264. The second-order valence-corrected chi connectivity index (χ2v) is 5.80. The normalized spacial score (nSPS) is 10.3. The number of carbonyl (C=O) groups is 1. The molecule has 5 nitrogen and oxygen atoms in total. The standard InChI is InChI=1S/C20H20N4O/c1-15-8-10-16(11-9-15)14-22-19(25)18-12-13-21-20(23-18)24(2)17-6-4-3-5-7-17/h3-13H,14H2,1-2H3,(H,22,25). The highest BCUT2D eigenvalue weighted by atomic mass is 16.1. The molecule has 0 aliphatic carbocycles. The van der Waals surface area contributed by atoms with Crippen LogP contribution in [0.25, 0.3) is 0 Å². The summed E-state index contributed by atoms with van der Waals surface area (Å²) in [6.07, 6.45) is 1.60. The van der Waals surface area contributed by atoms with Gasteiger partial charge in [0.1, 0.15) is 5.69 Å². The van der Waals surface area contributed by atoms with Crippen molar-refractivity contribution >= 4 is 17.5 Å². The zero-order valence-electron chi connectivity index (χ0n) is 14.3. The maximum Gasteiger partial charge on any atom is 0.270 e. The van der Waals surface area contributed by atoms with Crippen LogP contribution in [0.3, 0.4) is 0 Å². The maximum atomic E-state index is 12.4. The first kappa shape index (κ1) is 16.6. The molecule has 0 saturated heterocycles. The molecule has 0 spiro atoms. The number of benzene rings is 2. The molecule has 3 aromatic rings. The molecule has 5 heteroatoms. The van der Waals surface area contributed by atoms with E-state index >= 15 is 0 Å². The van der Waals surface area contributed by atoms with Gasteiger partial charge in [0.15, 0.2) is 0 Å². The second kappa shape index (κ2) is 7.57. The van der Waals surface area contributed by atoms with Crippen molar-refractivity contribution in [3.63, 3.8) is 0 Å². The van der Waals surface area contributed by atoms with E-state index in [0.29, 0.717) is 18.2 Å². The number of anilines is 2. The lowest BCUT2D eigenvalue weighted by molar-refractivity contribution is 0.0946. The number of nitrogens with one attached hydrogen (secondary N) is 1. The molecular formula is C20H20N4O. The van der Waals surface area contributed by atoms with Gasteiger partial charge < -0.3 is 10.2 Å². The molecular weight excluding hydrogens is 312 g/mol. The summed E-state index contributed by atoms with van der Waals surface area (Å²) in [4.78, 5) is 22.9. The van der Waals surface area contributed by atoms with E-state index in [9.17, 15) is 4.79 Å². The molecule has 0 bridgehead atoms. The number of carbonyl (C=O) groups excluding carboxylic acids is 1. The smallest absolute Gasteiger partial charge is 0.270 e. The van der Waals surface area contributed by atoms with Crippen LogP contribution in [0, 0.1) is 6.92 Å². The van der Waals surface area contributed by atoms with E-state index in [4.69, 9.17) is 0 Å². The largest absolute Gasteiger partial charge is 0.347 e. The number of hydrogen-bond donors (Lipinski definition) is 1. The van der Waals surface area contributed by atoms with E-state index in [2.05, 4.69) is 15.3 Å². The first-order valence-corrected chi connectivity index (χ1v) is 8.09. The Labute approximate surface area is 147 Å². The fourth-order valence-corrected chi connectivity index (χ4v) is 2.38. The SMILES string of the molecule is Cc1ccc(CNC(=O)c2ccnc(N(C)c3ccccc3)n2)cc1. The van der Waals surface area contributed by atoms with Gasteiger partial charge >= 0.3 is 0 Å². The maximum absolute atomic E-state index is 12.4. The van der Waals surface area contributed by atoms with Crippen molar-refractivity contribution in [2.24, 2.45) is 0 Å². The van der Waals surface area contributed by atoms with Gasteiger partial charge in [0, 0.05) is 25.5 Å². The van der Waals surface area contributed by atoms with Crippen molar-refractivity contribution in [3.8, 4) is 0 Å². The van der Waals surface area contributed by atoms with Gasteiger partial charge in [-0.15, -0.1) is 0 Å². The molecule has 126 valence electrons. The zero-order chi connectivity index (χ0) is 17.6. The van der Waals surface area contributed by atoms with Crippen LogP contribution >= 0.6 is 0 Å². The van der Waals surface area contributed by atoms with Crippen LogP contribution in [0.15, 0.2) is 66.9 Å². The number of aromatic nitrogens is 2. The summed E-state index contributed by atoms with van der Waals surface area (Å²) in [7, 11) is 1.87. The fourth-order valence-electron chi connectivity index (χ4n) is 2.38. The second-order valence-electron chi connectivity index (χ2n) is 5.80. The molecule has 1 aromatic heterocycles. The lowest BCUT2D eigenvalue weighted by Gasteiger charge is -2.17. The molecule has 1 N–H and O–H groups in total. The van der Waals surface area contributed by atoms with Crippen LogP contribution in [-0.4, -0.2) is 22.9 Å². The number of amides is 1. The Morgan fingerprint density at radius 2 is 1.76 bits per heavy atom. The quantitative estimate of drug-likeness (QED) is 0.777. The molecule has 2 aromatic carbocycles. The first-order chi connectivity index (χ1) is 12.1. The summed E-state index contributed by atoms with van der Waals surface area (Å²) < 4.78 is 0. The van der Waals surface area contributed by atoms with E-state index < -0.39 is 0 Å². The Balaban J connectivity index is 1.70. The van der Waals surface area contributed by atoms with E-state index in [1.807, 2.05) is 73.5 Å². The lowest BCUT2D eigenvalue weighted by Crippen LogP contribution is -2.25. The molecule has 0 fully saturated rings. The molecule has 3 rings (SSSR count). The number of hydrogen-bond acceptors (Lipinski definition) is 4. The highest BCUT2D eigenvalue weighted by molar-refractivity contribution is 5.92. The minimum absolute atomic E-state index is 0.217. The molecule has 1 amide bonds. The summed E-state index contributed by atoms with van der Waals surface area (Å²) in [6, 6.07) is 19.5. The number of nitrogens with zero attached hydrogens (tertiary/aromatic N) is 3. The number of para-hydroxylation sites is 1. The van der Waals surface area contributed by atoms with Crippen LogP contribution in [-0.2, 0) is 6.54 Å². The van der Waals surface area contributed by atoms with Gasteiger partial charge in [0.05, 0.1) is 0 Å². The lowest BCUT2D eigenvalue weighted by atomic mass is 10.1. The summed E-state index contributed by atoms with van der Waals surface area (Å²) in [5, 5.41) is 2.89. The first-order valence-electron chi connectivity index (χ1n) is 8.09. The average Bonchev–Trinajstić information content (AvgIpc) is 2.67. The highest BCUT2D eigenvalue weighted by Crippen LogP contribution is 2.19. The summed E-state index contributed by atoms with van der Waals surface area (Å²) >= 11 is 0. The molecule has 0 unspecified atom stereocenters. The van der Waals surface area contributed by atoms with Crippen LogP contribution in [0.5, 0.6) is 0 Å². The monoisotopic (exact) mass is 332 g/mol. The Bertz CT molecular complexity index is 847. The van der Waals surface area contributed by atoms with Gasteiger partial charge in [0.25, 0.3) is 5.91 Å². The van der Waals surface area contributed by atoms with Gasteiger partial charge in [-0.1, -0.05) is 48.0 Å². The van der Waals surface area contributed by atoms with Crippen molar-refractivity contribution in [2.75, 3.05) is 11.9 Å². The fraction of sp³-hybridized carbons (Fsp3) is 0.150. The minimum Gasteiger partial charge on any atom is -0.347 e. The van der Waals surface area contributed by atoms with E-state index in [1.165, 1.54) is 5.56 Å². The van der Waals surface area contributed by atoms with Crippen LogP contribution in [0.4, 0.5) is 11.6 Å². The molecule has 1 heterocycles. The van der Waals surface area contributed by atoms with Gasteiger partial charge in [-0.2, -0.15) is 0 Å². The van der Waals surface area contributed by atoms with E-state index in [-0.39, 0.29) is 5.91 Å². The van der Waals surface area contributed by atoms with Crippen molar-refractivity contribution in [2.45, 2.75) is 13.5 Å². The third-order valence-corrected chi connectivity index (χ3v) is 3.89. The molecule has 0 saturated carbocycles. The molecule has 0 aliphatic heterocycles. The summed E-state index contributed by atoms with van der Waals surface area (Å²) in [5.41, 5.74) is 3.55. The topological polar surface area (TPSA) is 58.1 Å². The predicted molar refractivity (Wildman–Crippen MR) is 98.9 cm³/mol. The molecule has 0 aliphatic rings. The van der Waals surface area contributed by atoms with Gasteiger partial charge in [-0.25, -0.2) is 9.97 Å². The van der Waals surface area contributed by atoms with Gasteiger partial charge in [-0.3, -0.25) is 4.79 Å². The molecule has 0 radical (unpaired) electrons. The molecule has 0 atom stereocenters. The third-order valence-electron chi connectivity index (χ3n) is 3.89. The van der Waals surface area contributed by atoms with Crippen molar-refractivity contribution in [3.05, 3.63) is 83.7 Å². The van der Waals surface area contributed by atoms with Crippen LogP contribution < -0.4 is 10.2 Å². The van der Waals surface area contributed by atoms with Crippen molar-refractivity contribution < 1.29 is 4.79 Å². The number of aryl methyl sites for hydroxylation is 1. The Kier molecular flexibility index (Phi) is 5.04. The third kappa shape index (κ3) is 4.20. The summed E-state index contributed by atoms with van der Waals surface area (Å²) in [6.45, 7) is 2.50. The van der Waals surface area contributed by atoms with E-state index in [0.717, 1.165) is 11.3 Å². The van der Waals surface area contributed by atoms with Gasteiger partial charge in [0.2, 0.25) is 5.95 Å². The van der Waals surface area contributed by atoms with Crippen molar-refractivity contribution in [1.82, 2.24) is 15.3 Å². The Morgan fingerprint density at radius 1 is 1.04 bits per heavy atom. The van der Waals surface area contributed by atoms with Gasteiger partial charge in [-0.05, 0) is 30.7 Å². The zero-order valence-corrected chi connectivity index (χ0v) is 14.3. The Morgan fingerprint density at radius 3 is 2.48 bits per heavy atom.